The summed E-state index contributed by atoms with van der Waals surface area (Å²) in [7, 11) is 0. The Morgan fingerprint density at radius 3 is 2.47 bits per heavy atom. The highest BCUT2D eigenvalue weighted by atomic mass is 16.5. The van der Waals surface area contributed by atoms with Crippen LogP contribution in [0, 0.1) is 23.7 Å². The maximum atomic E-state index is 10.7. The number of hydrogen-bond donors (Lipinski definition) is 0. The van der Waals surface area contributed by atoms with E-state index in [1.807, 2.05) is 6.07 Å². The molecule has 0 amide bonds. The monoisotopic (exact) mass is 199 g/mol. The number of nitriles is 1. The highest BCUT2D eigenvalue weighted by Crippen LogP contribution is 2.17. The van der Waals surface area contributed by atoms with Gasteiger partial charge >= 0.3 is 5.97 Å². The number of esters is 1. The molecule has 74 valence electrons. The molecule has 0 aliphatic carbocycles. The molecule has 0 heterocycles. The van der Waals surface area contributed by atoms with Crippen LogP contribution in [0.4, 0.5) is 0 Å². The van der Waals surface area contributed by atoms with Crippen molar-refractivity contribution >= 4 is 5.97 Å². The van der Waals surface area contributed by atoms with E-state index in [2.05, 4.69) is 5.92 Å². The topological polar surface area (TPSA) is 50.1 Å². The molecule has 3 heteroatoms. The summed E-state index contributed by atoms with van der Waals surface area (Å²) in [5.74, 6) is 1.93. The molecule has 0 aliphatic rings. The summed E-state index contributed by atoms with van der Waals surface area (Å²) in [4.78, 5) is 10.7. The first-order valence-corrected chi connectivity index (χ1v) is 4.30. The largest absolute Gasteiger partial charge is 0.444 e. The van der Waals surface area contributed by atoms with Crippen LogP contribution in [0.5, 0.6) is 0 Å². The van der Waals surface area contributed by atoms with Crippen LogP contribution < -0.4 is 0 Å². The third-order valence-corrected chi connectivity index (χ3v) is 1.78. The van der Waals surface area contributed by atoms with Crippen molar-refractivity contribution in [2.75, 3.05) is 0 Å². The zero-order chi connectivity index (χ0) is 11.3. The lowest BCUT2D eigenvalue weighted by Gasteiger charge is -2.10. The summed E-state index contributed by atoms with van der Waals surface area (Å²) < 4.78 is 4.90. The Balaban J connectivity index is 2.90. The fourth-order valence-corrected chi connectivity index (χ4v) is 1.10. The minimum atomic E-state index is -0.685. The molecule has 0 N–H and O–H groups in total. The van der Waals surface area contributed by atoms with Crippen LogP contribution in [-0.2, 0) is 9.53 Å². The van der Waals surface area contributed by atoms with E-state index >= 15 is 0 Å². The molecule has 0 bridgehead atoms. The lowest BCUT2D eigenvalue weighted by atomic mass is 10.1. The molecule has 15 heavy (non-hydrogen) atoms. The van der Waals surface area contributed by atoms with Crippen LogP contribution in [0.15, 0.2) is 24.3 Å². The highest BCUT2D eigenvalue weighted by molar-refractivity contribution is 5.66. The lowest BCUT2D eigenvalue weighted by Crippen LogP contribution is -2.06. The number of rotatable bonds is 2. The Bertz CT molecular complexity index is 434. The molecule has 0 spiro atoms. The van der Waals surface area contributed by atoms with Gasteiger partial charge in [0.15, 0.2) is 6.10 Å². The van der Waals surface area contributed by atoms with E-state index in [1.165, 1.54) is 6.92 Å². The van der Waals surface area contributed by atoms with Gasteiger partial charge in [-0.2, -0.15) is 5.26 Å². The molecule has 0 unspecified atom stereocenters. The number of terminal acetylenes is 1. The van der Waals surface area contributed by atoms with Crippen LogP contribution in [-0.4, -0.2) is 5.97 Å². The van der Waals surface area contributed by atoms with Gasteiger partial charge in [0.05, 0.1) is 11.6 Å². The van der Waals surface area contributed by atoms with Gasteiger partial charge in [0.2, 0.25) is 0 Å². The molecule has 0 saturated carbocycles. The Labute approximate surface area is 88.3 Å². The zero-order valence-electron chi connectivity index (χ0n) is 8.23. The molecule has 0 radical (unpaired) electrons. The third kappa shape index (κ3) is 2.86. The summed E-state index contributed by atoms with van der Waals surface area (Å²) in [5.41, 5.74) is 1.23. The maximum absolute atomic E-state index is 10.7. The Kier molecular flexibility index (Phi) is 3.49. The van der Waals surface area contributed by atoms with Gasteiger partial charge in [-0.3, -0.25) is 4.79 Å². The molecule has 0 aromatic heterocycles. The van der Waals surface area contributed by atoms with E-state index in [0.717, 1.165) is 0 Å². The predicted molar refractivity (Wildman–Crippen MR) is 54.5 cm³/mol. The molecule has 0 saturated heterocycles. The molecule has 1 atom stereocenters. The van der Waals surface area contributed by atoms with Gasteiger partial charge in [-0.05, 0) is 12.1 Å². The summed E-state index contributed by atoms with van der Waals surface area (Å²) in [6.07, 6.45) is 4.55. The van der Waals surface area contributed by atoms with E-state index in [-0.39, 0.29) is 0 Å². The minimum absolute atomic E-state index is 0.428. The van der Waals surface area contributed by atoms with Crippen molar-refractivity contribution in [2.24, 2.45) is 0 Å². The number of carbonyl (C=O) groups is 1. The Morgan fingerprint density at radius 2 is 2.07 bits per heavy atom. The van der Waals surface area contributed by atoms with Crippen molar-refractivity contribution in [3.63, 3.8) is 0 Å². The summed E-state index contributed by atoms with van der Waals surface area (Å²) in [5, 5.41) is 8.59. The van der Waals surface area contributed by atoms with E-state index in [0.29, 0.717) is 11.1 Å². The van der Waals surface area contributed by atoms with Crippen LogP contribution >= 0.6 is 0 Å². The summed E-state index contributed by atoms with van der Waals surface area (Å²) in [6, 6.07) is 8.59. The fourth-order valence-electron chi connectivity index (χ4n) is 1.10. The van der Waals surface area contributed by atoms with Crippen molar-refractivity contribution in [1.29, 1.82) is 5.26 Å². The Hall–Kier alpha value is -2.26. The van der Waals surface area contributed by atoms with Gasteiger partial charge in [0.25, 0.3) is 0 Å². The van der Waals surface area contributed by atoms with E-state index < -0.39 is 12.1 Å². The first-order valence-electron chi connectivity index (χ1n) is 4.30. The van der Waals surface area contributed by atoms with Crippen LogP contribution in [0.2, 0.25) is 0 Å². The number of carbonyl (C=O) groups excluding carboxylic acids is 1. The van der Waals surface area contributed by atoms with Crippen molar-refractivity contribution in [3.05, 3.63) is 35.4 Å². The van der Waals surface area contributed by atoms with Gasteiger partial charge in [-0.15, -0.1) is 6.42 Å². The third-order valence-electron chi connectivity index (χ3n) is 1.78. The van der Waals surface area contributed by atoms with Crippen molar-refractivity contribution in [2.45, 2.75) is 13.0 Å². The fraction of sp³-hybridized carbons (Fsp3) is 0.167. The number of ether oxygens (including phenoxy) is 1. The number of benzene rings is 1. The molecular formula is C12H9NO2. The van der Waals surface area contributed by atoms with Gasteiger partial charge in [0.1, 0.15) is 0 Å². The molecular weight excluding hydrogens is 190 g/mol. The zero-order valence-corrected chi connectivity index (χ0v) is 8.23. The molecule has 3 nitrogen and oxygen atoms in total. The molecule has 1 aromatic carbocycles. The SMILES string of the molecule is C#C[C@@H](OC(C)=O)c1ccc(C#N)cc1. The normalized spacial score (nSPS) is 10.9. The Morgan fingerprint density at radius 1 is 1.47 bits per heavy atom. The van der Waals surface area contributed by atoms with Gasteiger partial charge < -0.3 is 4.74 Å². The second-order valence-corrected chi connectivity index (χ2v) is 2.89. The number of nitrogens with zero attached hydrogens (tertiary/aromatic N) is 1. The van der Waals surface area contributed by atoms with E-state index in [1.54, 1.807) is 24.3 Å². The maximum Gasteiger partial charge on any atom is 0.304 e. The predicted octanol–water partition coefficient (Wildman–Crippen LogP) is 1.80. The van der Waals surface area contributed by atoms with Crippen molar-refractivity contribution < 1.29 is 9.53 Å². The second kappa shape index (κ2) is 4.83. The minimum Gasteiger partial charge on any atom is -0.444 e. The first kappa shape index (κ1) is 10.8. The van der Waals surface area contributed by atoms with Crippen molar-refractivity contribution in [1.82, 2.24) is 0 Å². The molecule has 0 fully saturated rings. The number of hydrogen-bond acceptors (Lipinski definition) is 3. The smallest absolute Gasteiger partial charge is 0.304 e. The highest BCUT2D eigenvalue weighted by Gasteiger charge is 2.10. The van der Waals surface area contributed by atoms with Gasteiger partial charge in [0, 0.05) is 12.5 Å². The standard InChI is InChI=1S/C12H9NO2/c1-3-12(15-9(2)14)11-6-4-10(8-13)5-7-11/h1,4-7,12H,2H3/t12-/m1/s1. The van der Waals surface area contributed by atoms with Crippen molar-refractivity contribution in [3.8, 4) is 18.4 Å². The average Bonchev–Trinajstić information content (AvgIpc) is 2.26. The van der Waals surface area contributed by atoms with E-state index in [4.69, 9.17) is 16.4 Å². The molecule has 1 rings (SSSR count). The summed E-state index contributed by atoms with van der Waals surface area (Å²) in [6.45, 7) is 1.30. The molecule has 1 aromatic rings. The molecule has 0 aliphatic heterocycles. The first-order chi connectivity index (χ1) is 7.17. The second-order valence-electron chi connectivity index (χ2n) is 2.89. The van der Waals surface area contributed by atoms with E-state index in [9.17, 15) is 4.79 Å². The van der Waals surface area contributed by atoms with Gasteiger partial charge in [-0.25, -0.2) is 0 Å². The van der Waals surface area contributed by atoms with Crippen LogP contribution in [0.1, 0.15) is 24.2 Å². The quantitative estimate of drug-likeness (QED) is 0.539. The van der Waals surface area contributed by atoms with Crippen LogP contribution in [0.3, 0.4) is 0 Å². The van der Waals surface area contributed by atoms with Crippen LogP contribution in [0.25, 0.3) is 0 Å². The lowest BCUT2D eigenvalue weighted by molar-refractivity contribution is -0.144. The summed E-state index contributed by atoms with van der Waals surface area (Å²) >= 11 is 0. The average molecular weight is 199 g/mol. The van der Waals surface area contributed by atoms with Gasteiger partial charge in [-0.1, -0.05) is 18.1 Å².